The van der Waals surface area contributed by atoms with Crippen LogP contribution in [-0.2, 0) is 4.74 Å². The summed E-state index contributed by atoms with van der Waals surface area (Å²) in [5.41, 5.74) is 0.331. The van der Waals surface area contributed by atoms with E-state index in [-0.39, 0.29) is 0 Å². The third-order valence-corrected chi connectivity index (χ3v) is 5.14. The van der Waals surface area contributed by atoms with Gasteiger partial charge in [-0.15, -0.1) is 0 Å². The van der Waals surface area contributed by atoms with E-state index in [0.717, 1.165) is 30.3 Å². The Morgan fingerprint density at radius 3 is 2.36 bits per heavy atom. The van der Waals surface area contributed by atoms with Gasteiger partial charge in [-0.05, 0) is 62.7 Å². The smallest absolute Gasteiger partial charge is 0.0690 e. The molecule has 4 fully saturated rings. The molecule has 4 aliphatic carbocycles. The highest BCUT2D eigenvalue weighted by Crippen LogP contribution is 2.59. The zero-order valence-electron chi connectivity index (χ0n) is 9.46. The van der Waals surface area contributed by atoms with E-state index in [1.54, 1.807) is 0 Å². The molecule has 4 bridgehead atoms. The minimum absolute atomic E-state index is 0.331. The summed E-state index contributed by atoms with van der Waals surface area (Å²) in [6.45, 7) is 5.55. The van der Waals surface area contributed by atoms with Crippen molar-refractivity contribution in [1.82, 2.24) is 0 Å². The Morgan fingerprint density at radius 2 is 1.79 bits per heavy atom. The predicted molar refractivity (Wildman–Crippen MR) is 57.1 cm³/mol. The van der Waals surface area contributed by atoms with Crippen LogP contribution in [0.3, 0.4) is 0 Å². The number of hydrogen-bond donors (Lipinski definition) is 0. The van der Waals surface area contributed by atoms with Gasteiger partial charge in [-0.3, -0.25) is 0 Å². The van der Waals surface area contributed by atoms with Gasteiger partial charge in [0.05, 0.1) is 5.60 Å². The van der Waals surface area contributed by atoms with Crippen molar-refractivity contribution in [2.24, 2.45) is 23.7 Å². The molecule has 0 aromatic rings. The second kappa shape index (κ2) is 2.98. The average Bonchev–Trinajstić information content (AvgIpc) is 2.12. The molecule has 4 saturated carbocycles. The molecule has 0 heterocycles. The lowest BCUT2D eigenvalue weighted by Crippen LogP contribution is -2.55. The van der Waals surface area contributed by atoms with Crippen LogP contribution >= 0.6 is 0 Å². The van der Waals surface area contributed by atoms with Crippen LogP contribution in [0.4, 0.5) is 0 Å². The van der Waals surface area contributed by atoms with Crippen LogP contribution < -0.4 is 0 Å². The van der Waals surface area contributed by atoms with E-state index in [1.807, 2.05) is 0 Å². The molecular weight excluding hydrogens is 172 g/mol. The lowest BCUT2D eigenvalue weighted by molar-refractivity contribution is -0.177. The standard InChI is InChI=1S/C13H22O/c1-3-14-13-6-10-4-11(7-13)9(2)12(5-10)8-13/h9-12H,3-8H2,1-2H3. The summed E-state index contributed by atoms with van der Waals surface area (Å²) in [6, 6.07) is 0. The fourth-order valence-corrected chi connectivity index (χ4v) is 4.69. The first-order chi connectivity index (χ1) is 6.72. The fraction of sp³-hybridized carbons (Fsp3) is 1.00. The van der Waals surface area contributed by atoms with Gasteiger partial charge in [-0.2, -0.15) is 0 Å². The van der Waals surface area contributed by atoms with E-state index < -0.39 is 0 Å². The number of hydrogen-bond acceptors (Lipinski definition) is 1. The summed E-state index contributed by atoms with van der Waals surface area (Å²) in [5.74, 6) is 3.98. The molecule has 0 N–H and O–H groups in total. The SMILES string of the molecule is CCOC12CC3CC(C1)C(C)C(C3)C2. The topological polar surface area (TPSA) is 9.23 Å². The maximum absolute atomic E-state index is 6.09. The van der Waals surface area contributed by atoms with Gasteiger partial charge in [0.2, 0.25) is 0 Å². The molecule has 0 spiro atoms. The minimum Gasteiger partial charge on any atom is -0.375 e. The van der Waals surface area contributed by atoms with E-state index in [2.05, 4.69) is 13.8 Å². The lowest BCUT2D eigenvalue weighted by atomic mass is 9.50. The van der Waals surface area contributed by atoms with Crippen molar-refractivity contribution < 1.29 is 4.74 Å². The monoisotopic (exact) mass is 194 g/mol. The molecule has 4 aliphatic rings. The van der Waals surface area contributed by atoms with Crippen LogP contribution in [0.1, 0.15) is 46.0 Å². The normalized spacial score (nSPS) is 55.3. The maximum Gasteiger partial charge on any atom is 0.0690 e. The maximum atomic E-state index is 6.09. The highest BCUT2D eigenvalue weighted by Gasteiger charge is 2.54. The Hall–Kier alpha value is -0.0400. The molecule has 0 aromatic carbocycles. The molecule has 0 saturated heterocycles. The molecular formula is C13H22O. The predicted octanol–water partition coefficient (Wildman–Crippen LogP) is 3.24. The molecule has 0 radical (unpaired) electrons. The molecule has 0 aromatic heterocycles. The largest absolute Gasteiger partial charge is 0.375 e. The zero-order valence-corrected chi connectivity index (χ0v) is 9.46. The van der Waals surface area contributed by atoms with Crippen molar-refractivity contribution in [2.45, 2.75) is 51.6 Å². The van der Waals surface area contributed by atoms with Gasteiger partial charge in [0, 0.05) is 6.61 Å². The van der Waals surface area contributed by atoms with E-state index in [0.29, 0.717) is 5.60 Å². The summed E-state index contributed by atoms with van der Waals surface area (Å²) in [6.07, 6.45) is 7.13. The highest BCUT2D eigenvalue weighted by molar-refractivity contribution is 5.05. The van der Waals surface area contributed by atoms with Crippen molar-refractivity contribution in [3.63, 3.8) is 0 Å². The van der Waals surface area contributed by atoms with Crippen molar-refractivity contribution in [3.8, 4) is 0 Å². The summed E-state index contributed by atoms with van der Waals surface area (Å²) in [7, 11) is 0. The van der Waals surface area contributed by atoms with Gasteiger partial charge in [0.25, 0.3) is 0 Å². The summed E-state index contributed by atoms with van der Waals surface area (Å²) in [5, 5.41) is 0. The lowest BCUT2D eigenvalue weighted by Gasteiger charge is -2.59. The number of rotatable bonds is 2. The van der Waals surface area contributed by atoms with Gasteiger partial charge in [0.15, 0.2) is 0 Å². The summed E-state index contributed by atoms with van der Waals surface area (Å²) in [4.78, 5) is 0. The Balaban J connectivity index is 1.85. The first-order valence-corrected chi connectivity index (χ1v) is 6.36. The van der Waals surface area contributed by atoms with Crippen molar-refractivity contribution in [1.29, 1.82) is 0 Å². The molecule has 2 atom stereocenters. The van der Waals surface area contributed by atoms with Gasteiger partial charge >= 0.3 is 0 Å². The second-order valence-corrected chi connectivity index (χ2v) is 5.95. The van der Waals surface area contributed by atoms with Crippen LogP contribution in [0, 0.1) is 23.7 Å². The Labute approximate surface area is 87.2 Å². The van der Waals surface area contributed by atoms with Gasteiger partial charge in [-0.1, -0.05) is 6.92 Å². The molecule has 4 rings (SSSR count). The first kappa shape index (κ1) is 9.21. The minimum atomic E-state index is 0.331. The molecule has 80 valence electrons. The third-order valence-electron chi connectivity index (χ3n) is 5.14. The Bertz CT molecular complexity index is 219. The fourth-order valence-electron chi connectivity index (χ4n) is 4.69. The summed E-state index contributed by atoms with van der Waals surface area (Å²) < 4.78 is 6.09. The zero-order chi connectivity index (χ0) is 9.76. The Morgan fingerprint density at radius 1 is 1.14 bits per heavy atom. The van der Waals surface area contributed by atoms with Gasteiger partial charge < -0.3 is 4.74 Å². The van der Waals surface area contributed by atoms with Crippen molar-refractivity contribution in [2.75, 3.05) is 6.61 Å². The van der Waals surface area contributed by atoms with E-state index in [9.17, 15) is 0 Å². The van der Waals surface area contributed by atoms with E-state index >= 15 is 0 Å². The third kappa shape index (κ3) is 1.18. The Kier molecular flexibility index (Phi) is 1.96. The van der Waals surface area contributed by atoms with Crippen LogP contribution in [0.5, 0.6) is 0 Å². The first-order valence-electron chi connectivity index (χ1n) is 6.36. The molecule has 1 nitrogen and oxygen atoms in total. The molecule has 1 heteroatoms. The van der Waals surface area contributed by atoms with Crippen molar-refractivity contribution >= 4 is 0 Å². The van der Waals surface area contributed by atoms with Crippen LogP contribution in [0.2, 0.25) is 0 Å². The highest BCUT2D eigenvalue weighted by atomic mass is 16.5. The van der Waals surface area contributed by atoms with Crippen LogP contribution in [0.15, 0.2) is 0 Å². The van der Waals surface area contributed by atoms with E-state index in [4.69, 9.17) is 4.74 Å². The molecule has 14 heavy (non-hydrogen) atoms. The molecule has 2 unspecified atom stereocenters. The quantitative estimate of drug-likeness (QED) is 0.655. The average molecular weight is 194 g/mol. The van der Waals surface area contributed by atoms with Gasteiger partial charge in [-0.25, -0.2) is 0 Å². The van der Waals surface area contributed by atoms with Crippen LogP contribution in [-0.4, -0.2) is 12.2 Å². The van der Waals surface area contributed by atoms with E-state index in [1.165, 1.54) is 32.1 Å². The number of ether oxygens (including phenoxy) is 1. The second-order valence-electron chi connectivity index (χ2n) is 5.95. The molecule has 0 amide bonds. The van der Waals surface area contributed by atoms with Crippen LogP contribution in [0.25, 0.3) is 0 Å². The summed E-state index contributed by atoms with van der Waals surface area (Å²) >= 11 is 0. The van der Waals surface area contributed by atoms with Gasteiger partial charge in [0.1, 0.15) is 0 Å². The van der Waals surface area contributed by atoms with Crippen molar-refractivity contribution in [3.05, 3.63) is 0 Å². The molecule has 0 aliphatic heterocycles.